The molecular formula is C20H25N3O2S2. The maximum absolute atomic E-state index is 12.8. The molecule has 27 heavy (non-hydrogen) atoms. The molecule has 0 aliphatic rings. The second-order valence-electron chi connectivity index (χ2n) is 7.23. The molecule has 0 radical (unpaired) electrons. The van der Waals surface area contributed by atoms with Crippen LogP contribution in [0.2, 0.25) is 0 Å². The molecule has 0 atom stereocenters. The zero-order valence-electron chi connectivity index (χ0n) is 16.4. The molecule has 3 aromatic rings. The zero-order chi connectivity index (χ0) is 19.7. The molecule has 144 valence electrons. The molecule has 0 aliphatic heterocycles. The number of rotatable bonds is 7. The Labute approximate surface area is 167 Å². The zero-order valence-corrected chi connectivity index (χ0v) is 18.0. The van der Waals surface area contributed by atoms with Gasteiger partial charge < -0.3 is 4.57 Å². The van der Waals surface area contributed by atoms with Gasteiger partial charge in [-0.15, -0.1) is 11.3 Å². The van der Waals surface area contributed by atoms with Crippen molar-refractivity contribution in [1.82, 2.24) is 14.1 Å². The molecule has 3 rings (SSSR count). The van der Waals surface area contributed by atoms with Gasteiger partial charge in [0.15, 0.2) is 10.9 Å². The summed E-state index contributed by atoms with van der Waals surface area (Å²) in [5.74, 6) is 0.968. The van der Waals surface area contributed by atoms with E-state index in [1.807, 2.05) is 25.3 Å². The summed E-state index contributed by atoms with van der Waals surface area (Å²) in [5, 5.41) is 3.08. The molecule has 0 spiro atoms. The summed E-state index contributed by atoms with van der Waals surface area (Å²) >= 11 is 2.77. The number of ketones is 1. The molecule has 0 saturated heterocycles. The van der Waals surface area contributed by atoms with Crippen molar-refractivity contribution in [3.05, 3.63) is 44.8 Å². The summed E-state index contributed by atoms with van der Waals surface area (Å²) < 4.78 is 3.75. The second kappa shape index (κ2) is 8.02. The summed E-state index contributed by atoms with van der Waals surface area (Å²) in [6, 6.07) is 3.77. The summed E-state index contributed by atoms with van der Waals surface area (Å²) in [6.45, 7) is 9.40. The Balaban J connectivity index is 1.78. The Morgan fingerprint density at radius 1 is 1.33 bits per heavy atom. The van der Waals surface area contributed by atoms with Gasteiger partial charge in [0.25, 0.3) is 5.56 Å². The van der Waals surface area contributed by atoms with E-state index in [9.17, 15) is 9.59 Å². The lowest BCUT2D eigenvalue weighted by molar-refractivity contribution is 0.102. The molecule has 0 saturated carbocycles. The summed E-state index contributed by atoms with van der Waals surface area (Å²) in [7, 11) is 1.71. The highest BCUT2D eigenvalue weighted by atomic mass is 32.2. The Kier molecular flexibility index (Phi) is 5.91. The first-order valence-corrected chi connectivity index (χ1v) is 10.9. The average Bonchev–Trinajstić information content (AvgIpc) is 3.19. The minimum Gasteiger partial charge on any atom is -0.348 e. The van der Waals surface area contributed by atoms with Crippen LogP contribution in [0.1, 0.15) is 42.0 Å². The molecule has 3 aromatic heterocycles. The fourth-order valence-corrected chi connectivity index (χ4v) is 4.79. The number of thioether (sulfide) groups is 1. The third-order valence-electron chi connectivity index (χ3n) is 4.80. The van der Waals surface area contributed by atoms with Gasteiger partial charge in [0.05, 0.1) is 11.1 Å². The van der Waals surface area contributed by atoms with Gasteiger partial charge in [-0.05, 0) is 43.7 Å². The van der Waals surface area contributed by atoms with Crippen molar-refractivity contribution in [2.75, 3.05) is 5.75 Å². The molecule has 0 aliphatic carbocycles. The van der Waals surface area contributed by atoms with E-state index in [4.69, 9.17) is 0 Å². The monoisotopic (exact) mass is 403 g/mol. The lowest BCUT2D eigenvalue weighted by atomic mass is 10.1. The normalized spacial score (nSPS) is 11.6. The largest absolute Gasteiger partial charge is 0.348 e. The molecular weight excluding hydrogens is 378 g/mol. The van der Waals surface area contributed by atoms with Gasteiger partial charge in [-0.1, -0.05) is 25.6 Å². The van der Waals surface area contributed by atoms with E-state index in [0.717, 1.165) is 34.7 Å². The van der Waals surface area contributed by atoms with Crippen molar-refractivity contribution in [2.45, 2.75) is 45.8 Å². The number of Topliss-reactive ketones (excluding diaryl/α,β-unsaturated/α-hetero) is 1. The predicted molar refractivity (Wildman–Crippen MR) is 113 cm³/mol. The van der Waals surface area contributed by atoms with Gasteiger partial charge >= 0.3 is 0 Å². The first-order chi connectivity index (χ1) is 12.8. The lowest BCUT2D eigenvalue weighted by Crippen LogP contribution is -2.19. The standard InChI is InChI=1S/C20H25N3O2S2/c1-12(2)6-8-23-13(3)10-16(14(23)4)17(24)11-27-20-21-18-15(7-9-26-18)19(25)22(20)5/h7,9-10,12H,6,8,11H2,1-5H3. The smallest absolute Gasteiger partial charge is 0.262 e. The Bertz CT molecular complexity index is 1040. The third kappa shape index (κ3) is 4.04. The van der Waals surface area contributed by atoms with E-state index >= 15 is 0 Å². The van der Waals surface area contributed by atoms with Crippen LogP contribution in [0.25, 0.3) is 10.2 Å². The maximum Gasteiger partial charge on any atom is 0.262 e. The van der Waals surface area contributed by atoms with Crippen LogP contribution in [-0.4, -0.2) is 25.7 Å². The van der Waals surface area contributed by atoms with E-state index in [1.165, 1.54) is 27.7 Å². The number of thiophene rings is 1. The average molecular weight is 404 g/mol. The van der Waals surface area contributed by atoms with Crippen LogP contribution in [0.3, 0.4) is 0 Å². The molecule has 0 N–H and O–H groups in total. The molecule has 0 aromatic carbocycles. The van der Waals surface area contributed by atoms with Gasteiger partial charge in [-0.3, -0.25) is 14.2 Å². The highest BCUT2D eigenvalue weighted by molar-refractivity contribution is 7.99. The molecule has 3 heterocycles. The molecule has 0 amide bonds. The van der Waals surface area contributed by atoms with E-state index in [2.05, 4.69) is 23.4 Å². The van der Waals surface area contributed by atoms with Crippen LogP contribution < -0.4 is 5.56 Å². The van der Waals surface area contributed by atoms with Crippen molar-refractivity contribution in [3.63, 3.8) is 0 Å². The minimum atomic E-state index is -0.0666. The van der Waals surface area contributed by atoms with Crippen LogP contribution >= 0.6 is 23.1 Å². The van der Waals surface area contributed by atoms with E-state index in [1.54, 1.807) is 13.1 Å². The SMILES string of the molecule is Cc1cc(C(=O)CSc2nc3sccc3c(=O)n2C)c(C)n1CCC(C)C. The second-order valence-corrected chi connectivity index (χ2v) is 9.07. The highest BCUT2D eigenvalue weighted by Gasteiger charge is 2.18. The molecule has 0 bridgehead atoms. The first-order valence-electron chi connectivity index (χ1n) is 9.06. The number of nitrogens with zero attached hydrogens (tertiary/aromatic N) is 3. The van der Waals surface area contributed by atoms with Gasteiger partial charge in [0.1, 0.15) is 4.83 Å². The van der Waals surface area contributed by atoms with E-state index in [0.29, 0.717) is 16.5 Å². The number of fused-ring (bicyclic) bond motifs is 1. The van der Waals surface area contributed by atoms with E-state index < -0.39 is 0 Å². The van der Waals surface area contributed by atoms with Gasteiger partial charge in [-0.2, -0.15) is 0 Å². The first kappa shape index (κ1) is 19.9. The number of hydrogen-bond donors (Lipinski definition) is 0. The summed E-state index contributed by atoms with van der Waals surface area (Å²) in [5.41, 5.74) is 2.84. The van der Waals surface area contributed by atoms with Crippen molar-refractivity contribution >= 4 is 39.1 Å². The van der Waals surface area contributed by atoms with E-state index in [-0.39, 0.29) is 17.1 Å². The summed E-state index contributed by atoms with van der Waals surface area (Å²) in [4.78, 5) is 30.5. The quantitative estimate of drug-likeness (QED) is 0.333. The Morgan fingerprint density at radius 2 is 2.07 bits per heavy atom. The predicted octanol–water partition coefficient (Wildman–Crippen LogP) is 4.43. The van der Waals surface area contributed by atoms with Gasteiger partial charge in [-0.25, -0.2) is 4.98 Å². The van der Waals surface area contributed by atoms with Crippen LogP contribution in [0.15, 0.2) is 27.5 Å². The van der Waals surface area contributed by atoms with Crippen molar-refractivity contribution in [1.29, 1.82) is 0 Å². The fourth-order valence-electron chi connectivity index (χ4n) is 3.13. The molecule has 0 fully saturated rings. The van der Waals surface area contributed by atoms with Gasteiger partial charge in [0, 0.05) is 30.5 Å². The molecule has 5 nitrogen and oxygen atoms in total. The van der Waals surface area contributed by atoms with Crippen molar-refractivity contribution in [3.8, 4) is 0 Å². The summed E-state index contributed by atoms with van der Waals surface area (Å²) in [6.07, 6.45) is 1.09. The highest BCUT2D eigenvalue weighted by Crippen LogP contribution is 2.23. The number of hydrogen-bond acceptors (Lipinski definition) is 5. The minimum absolute atomic E-state index is 0.0666. The van der Waals surface area contributed by atoms with Crippen LogP contribution in [-0.2, 0) is 13.6 Å². The van der Waals surface area contributed by atoms with Gasteiger partial charge in [0.2, 0.25) is 0 Å². The lowest BCUT2D eigenvalue weighted by Gasteiger charge is -2.11. The topological polar surface area (TPSA) is 56.9 Å². The number of carbonyl (C=O) groups excluding carboxylic acids is 1. The van der Waals surface area contributed by atoms with Crippen LogP contribution in [0, 0.1) is 19.8 Å². The number of carbonyl (C=O) groups is 1. The third-order valence-corrected chi connectivity index (χ3v) is 6.64. The van der Waals surface area contributed by atoms with Crippen LogP contribution in [0.4, 0.5) is 0 Å². The molecule has 0 unspecified atom stereocenters. The fraction of sp³-hybridized carbons (Fsp3) is 0.450. The van der Waals surface area contributed by atoms with Crippen molar-refractivity contribution in [2.24, 2.45) is 13.0 Å². The van der Waals surface area contributed by atoms with Crippen molar-refractivity contribution < 1.29 is 4.79 Å². The number of aromatic nitrogens is 3. The maximum atomic E-state index is 12.8. The Hall–Kier alpha value is -1.86. The molecule has 7 heteroatoms. The number of aryl methyl sites for hydroxylation is 1. The van der Waals surface area contributed by atoms with Crippen LogP contribution in [0.5, 0.6) is 0 Å². The Morgan fingerprint density at radius 3 is 2.78 bits per heavy atom.